The molecule has 0 fully saturated rings. The topological polar surface area (TPSA) is 41.5 Å². The lowest BCUT2D eigenvalue weighted by Crippen LogP contribution is -1.95. The van der Waals surface area contributed by atoms with E-state index in [0.717, 1.165) is 16.9 Å². The van der Waals surface area contributed by atoms with Gasteiger partial charge in [0.1, 0.15) is 0 Å². The van der Waals surface area contributed by atoms with Crippen molar-refractivity contribution in [3.8, 4) is 0 Å². The van der Waals surface area contributed by atoms with Crippen LogP contribution in [0.1, 0.15) is 5.56 Å². The third-order valence-corrected chi connectivity index (χ3v) is 1.62. The number of nitrogens with zero attached hydrogens (tertiary/aromatic N) is 1. The molecule has 0 radical (unpaired) electrons. The van der Waals surface area contributed by atoms with E-state index in [1.165, 1.54) is 0 Å². The van der Waals surface area contributed by atoms with Crippen LogP contribution in [0.15, 0.2) is 23.2 Å². The molecule has 0 saturated carbocycles. The van der Waals surface area contributed by atoms with Crippen molar-refractivity contribution in [2.45, 2.75) is 6.92 Å². The second kappa shape index (κ2) is 3.67. The third-order valence-electron chi connectivity index (χ3n) is 1.62. The van der Waals surface area contributed by atoms with Crippen LogP contribution in [0.2, 0.25) is 0 Å². The fourth-order valence-corrected chi connectivity index (χ4v) is 0.927. The van der Waals surface area contributed by atoms with Crippen molar-refractivity contribution in [1.29, 1.82) is 0 Å². The molecule has 0 saturated heterocycles. The van der Waals surface area contributed by atoms with Crippen molar-refractivity contribution in [3.05, 3.63) is 23.8 Å². The zero-order valence-electron chi connectivity index (χ0n) is 6.87. The molecule has 0 aliphatic carbocycles. The number of amides is 1. The minimum absolute atomic E-state index is 0.648. The molecule has 1 amide bonds. The summed E-state index contributed by atoms with van der Waals surface area (Å²) in [5.41, 5.74) is 2.54. The van der Waals surface area contributed by atoms with Crippen LogP contribution in [-0.2, 0) is 4.79 Å². The maximum Gasteiger partial charge on any atom is 0.211 e. The Bertz CT molecular complexity index is 307. The Kier molecular flexibility index (Phi) is 2.58. The summed E-state index contributed by atoms with van der Waals surface area (Å²) >= 11 is 0. The van der Waals surface area contributed by atoms with E-state index in [1.807, 2.05) is 19.1 Å². The average molecular weight is 162 g/mol. The first kappa shape index (κ1) is 8.46. The van der Waals surface area contributed by atoms with Crippen molar-refractivity contribution in [2.75, 3.05) is 5.32 Å². The summed E-state index contributed by atoms with van der Waals surface area (Å²) in [5.74, 6) is 0. The molecule has 0 unspecified atom stereocenters. The smallest absolute Gasteiger partial charge is 0.211 e. The number of carbonyl (C=O) groups excluding carboxylic acids is 1. The van der Waals surface area contributed by atoms with Crippen LogP contribution < -0.4 is 5.32 Å². The predicted molar refractivity (Wildman–Crippen MR) is 50.1 cm³/mol. The molecule has 0 heterocycles. The Hall–Kier alpha value is -1.64. The zero-order chi connectivity index (χ0) is 8.97. The van der Waals surface area contributed by atoms with Gasteiger partial charge in [0.05, 0.1) is 5.69 Å². The van der Waals surface area contributed by atoms with Crippen LogP contribution in [0.25, 0.3) is 0 Å². The van der Waals surface area contributed by atoms with E-state index in [-0.39, 0.29) is 0 Å². The lowest BCUT2D eigenvalue weighted by Gasteiger charge is -2.03. The zero-order valence-corrected chi connectivity index (χ0v) is 6.87. The van der Waals surface area contributed by atoms with Crippen molar-refractivity contribution < 1.29 is 4.79 Å². The predicted octanol–water partition coefficient (Wildman–Crippen LogP) is 1.90. The second-order valence-electron chi connectivity index (χ2n) is 2.42. The summed E-state index contributed by atoms with van der Waals surface area (Å²) in [5, 5.41) is 2.58. The van der Waals surface area contributed by atoms with E-state index in [9.17, 15) is 4.79 Å². The maximum atomic E-state index is 10.2. The fourth-order valence-electron chi connectivity index (χ4n) is 0.927. The molecule has 0 aromatic heterocycles. The van der Waals surface area contributed by atoms with Gasteiger partial charge in [-0.1, -0.05) is 6.07 Å². The largest absolute Gasteiger partial charge is 0.328 e. The molecule has 0 aliphatic rings. The van der Waals surface area contributed by atoms with E-state index in [4.69, 9.17) is 0 Å². The van der Waals surface area contributed by atoms with E-state index < -0.39 is 0 Å². The van der Waals surface area contributed by atoms with Gasteiger partial charge in [0.15, 0.2) is 0 Å². The van der Waals surface area contributed by atoms with Gasteiger partial charge < -0.3 is 5.32 Å². The van der Waals surface area contributed by atoms with E-state index in [1.54, 1.807) is 6.07 Å². The molecule has 12 heavy (non-hydrogen) atoms. The SMILES string of the molecule is C=Nc1ccc(C)c(NC=O)c1. The van der Waals surface area contributed by atoms with Gasteiger partial charge in [0, 0.05) is 5.69 Å². The van der Waals surface area contributed by atoms with Crippen LogP contribution in [-0.4, -0.2) is 13.1 Å². The van der Waals surface area contributed by atoms with E-state index in [2.05, 4.69) is 17.0 Å². The molecule has 0 aliphatic heterocycles. The minimum atomic E-state index is 0.648. The Labute approximate surface area is 71.1 Å². The number of nitrogens with one attached hydrogen (secondary N) is 1. The van der Waals surface area contributed by atoms with Gasteiger partial charge in [0.25, 0.3) is 0 Å². The number of carbonyl (C=O) groups is 1. The summed E-state index contributed by atoms with van der Waals surface area (Å²) in [6.07, 6.45) is 0.648. The summed E-state index contributed by atoms with van der Waals surface area (Å²) in [7, 11) is 0. The number of aliphatic imine (C=N–C) groups is 1. The molecular weight excluding hydrogens is 152 g/mol. The first-order valence-corrected chi connectivity index (χ1v) is 3.55. The maximum absolute atomic E-state index is 10.2. The van der Waals surface area contributed by atoms with Crippen molar-refractivity contribution in [1.82, 2.24) is 0 Å². The molecule has 0 spiro atoms. The number of anilines is 1. The standard InChI is InChI=1S/C9H10N2O/c1-7-3-4-8(10-2)5-9(7)11-6-12/h3-6H,2H2,1H3,(H,11,12). The van der Waals surface area contributed by atoms with Crippen LogP contribution in [0.4, 0.5) is 11.4 Å². The Morgan fingerprint density at radius 3 is 2.92 bits per heavy atom. The molecule has 1 aromatic rings. The molecule has 3 nitrogen and oxygen atoms in total. The molecular formula is C9H10N2O. The van der Waals surface area contributed by atoms with E-state index in [0.29, 0.717) is 6.41 Å². The molecule has 0 atom stereocenters. The third kappa shape index (κ3) is 1.69. The fraction of sp³-hybridized carbons (Fsp3) is 0.111. The summed E-state index contributed by atoms with van der Waals surface area (Å²) in [4.78, 5) is 13.9. The molecule has 1 N–H and O–H groups in total. The Morgan fingerprint density at radius 1 is 1.58 bits per heavy atom. The normalized spacial score (nSPS) is 9.08. The summed E-state index contributed by atoms with van der Waals surface area (Å²) in [6.45, 7) is 5.31. The average Bonchev–Trinajstić information content (AvgIpc) is 2.09. The Balaban J connectivity index is 3.06. The van der Waals surface area contributed by atoms with Crippen LogP contribution in [0.3, 0.4) is 0 Å². The molecule has 3 heteroatoms. The van der Waals surface area contributed by atoms with Crippen LogP contribution in [0, 0.1) is 6.92 Å². The van der Waals surface area contributed by atoms with Crippen molar-refractivity contribution in [2.24, 2.45) is 4.99 Å². The van der Waals surface area contributed by atoms with Gasteiger partial charge >= 0.3 is 0 Å². The quantitative estimate of drug-likeness (QED) is 0.535. The van der Waals surface area contributed by atoms with Gasteiger partial charge in [-0.15, -0.1) is 0 Å². The number of rotatable bonds is 3. The highest BCUT2D eigenvalue weighted by Gasteiger charge is 1.96. The van der Waals surface area contributed by atoms with Gasteiger partial charge in [-0.3, -0.25) is 9.79 Å². The number of hydrogen-bond acceptors (Lipinski definition) is 2. The van der Waals surface area contributed by atoms with E-state index >= 15 is 0 Å². The molecule has 1 rings (SSSR count). The highest BCUT2D eigenvalue weighted by atomic mass is 16.1. The summed E-state index contributed by atoms with van der Waals surface area (Å²) < 4.78 is 0. The lowest BCUT2D eigenvalue weighted by atomic mass is 10.2. The highest BCUT2D eigenvalue weighted by molar-refractivity contribution is 5.75. The molecule has 1 aromatic carbocycles. The van der Waals surface area contributed by atoms with Crippen LogP contribution in [0.5, 0.6) is 0 Å². The number of benzene rings is 1. The van der Waals surface area contributed by atoms with Crippen molar-refractivity contribution in [3.63, 3.8) is 0 Å². The first-order chi connectivity index (χ1) is 5.77. The summed E-state index contributed by atoms with van der Waals surface area (Å²) in [6, 6.07) is 5.50. The minimum Gasteiger partial charge on any atom is -0.328 e. The lowest BCUT2D eigenvalue weighted by molar-refractivity contribution is -0.105. The first-order valence-electron chi connectivity index (χ1n) is 3.55. The highest BCUT2D eigenvalue weighted by Crippen LogP contribution is 2.20. The van der Waals surface area contributed by atoms with Gasteiger partial charge in [-0.25, -0.2) is 0 Å². The van der Waals surface area contributed by atoms with Gasteiger partial charge in [-0.2, -0.15) is 0 Å². The number of hydrogen-bond donors (Lipinski definition) is 1. The molecule has 62 valence electrons. The Morgan fingerprint density at radius 2 is 2.33 bits per heavy atom. The second-order valence-corrected chi connectivity index (χ2v) is 2.42. The van der Waals surface area contributed by atoms with Crippen molar-refractivity contribution >= 4 is 24.5 Å². The van der Waals surface area contributed by atoms with Gasteiger partial charge in [-0.05, 0) is 31.3 Å². The van der Waals surface area contributed by atoms with Gasteiger partial charge in [0.2, 0.25) is 6.41 Å². The monoisotopic (exact) mass is 162 g/mol. The van der Waals surface area contributed by atoms with Crippen LogP contribution >= 0.6 is 0 Å². The number of aryl methyl sites for hydroxylation is 1. The molecule has 0 bridgehead atoms.